The Morgan fingerprint density at radius 2 is 1.96 bits per heavy atom. The van der Waals surface area contributed by atoms with E-state index in [9.17, 15) is 18.4 Å². The smallest absolute Gasteiger partial charge is 0.343 e. The third-order valence-corrected chi connectivity index (χ3v) is 3.87. The molecular weight excluding hydrogens is 401 g/mol. The van der Waals surface area contributed by atoms with E-state index in [1.54, 1.807) is 13.0 Å². The van der Waals surface area contributed by atoms with Gasteiger partial charge in [-0.05, 0) is 30.7 Å². The number of nitrogens with one attached hydrogen (secondary N) is 1. The Morgan fingerprint density at radius 1 is 1.22 bits per heavy atom. The number of carbonyl (C=O) groups is 2. The molecule has 9 heteroatoms. The molecule has 1 aromatic carbocycles. The summed E-state index contributed by atoms with van der Waals surface area (Å²) in [7, 11) is 0. The van der Waals surface area contributed by atoms with Gasteiger partial charge in [0.15, 0.2) is 11.0 Å². The van der Waals surface area contributed by atoms with Gasteiger partial charge in [-0.3, -0.25) is 4.79 Å². The standard InChI is InChI=1S/C18H14Cl2F2N2O3/c1-2-27-18(26)13(9-23-8-10-4-3-5-11(21)6-10)15(25)12-7-14(22)17(20)24-16(12)19/h3-7,9,23H,2,8H2,1H3. The molecule has 1 heterocycles. The number of hydrogen-bond donors (Lipinski definition) is 1. The van der Waals surface area contributed by atoms with Crippen LogP contribution in [0.4, 0.5) is 8.78 Å². The van der Waals surface area contributed by atoms with Crippen LogP contribution in [0, 0.1) is 11.6 Å². The second-order valence-corrected chi connectivity index (χ2v) is 5.93. The molecule has 0 atom stereocenters. The van der Waals surface area contributed by atoms with Crippen LogP contribution in [-0.2, 0) is 16.1 Å². The van der Waals surface area contributed by atoms with E-state index >= 15 is 0 Å². The average molecular weight is 415 g/mol. The van der Waals surface area contributed by atoms with E-state index in [1.165, 1.54) is 18.2 Å². The number of nitrogens with zero attached hydrogens (tertiary/aromatic N) is 1. The molecule has 0 amide bonds. The van der Waals surface area contributed by atoms with Crippen LogP contribution in [0.1, 0.15) is 22.8 Å². The summed E-state index contributed by atoms with van der Waals surface area (Å²) in [6.07, 6.45) is 1.11. The van der Waals surface area contributed by atoms with E-state index in [4.69, 9.17) is 27.9 Å². The average Bonchev–Trinajstić information content (AvgIpc) is 2.61. The minimum atomic E-state index is -0.958. The lowest BCUT2D eigenvalue weighted by molar-refractivity contribution is -0.138. The van der Waals surface area contributed by atoms with Crippen LogP contribution in [-0.4, -0.2) is 23.3 Å². The summed E-state index contributed by atoms with van der Waals surface area (Å²) in [5, 5.41) is 1.88. The fourth-order valence-electron chi connectivity index (χ4n) is 2.09. The third-order valence-electron chi connectivity index (χ3n) is 3.31. The highest BCUT2D eigenvalue weighted by Crippen LogP contribution is 2.23. The topological polar surface area (TPSA) is 68.3 Å². The monoisotopic (exact) mass is 414 g/mol. The summed E-state index contributed by atoms with van der Waals surface area (Å²) in [5.41, 5.74) is -0.178. The Kier molecular flexibility index (Phi) is 7.27. The first-order valence-corrected chi connectivity index (χ1v) is 8.50. The molecule has 142 valence electrons. The molecule has 1 aromatic heterocycles. The van der Waals surface area contributed by atoms with Crippen molar-refractivity contribution in [1.82, 2.24) is 10.3 Å². The number of ketones is 1. The molecule has 27 heavy (non-hydrogen) atoms. The number of carbonyl (C=O) groups excluding carboxylic acids is 2. The van der Waals surface area contributed by atoms with Crippen molar-refractivity contribution < 1.29 is 23.1 Å². The molecule has 0 radical (unpaired) electrons. The quantitative estimate of drug-likeness (QED) is 0.184. The van der Waals surface area contributed by atoms with Crippen LogP contribution >= 0.6 is 23.2 Å². The zero-order valence-electron chi connectivity index (χ0n) is 14.1. The molecule has 0 aliphatic carbocycles. The summed E-state index contributed by atoms with van der Waals surface area (Å²) in [6.45, 7) is 1.72. The third kappa shape index (κ3) is 5.48. The molecule has 0 unspecified atom stereocenters. The van der Waals surface area contributed by atoms with Crippen LogP contribution in [0.2, 0.25) is 10.3 Å². The Labute approximate surface area is 163 Å². The van der Waals surface area contributed by atoms with Crippen molar-refractivity contribution in [3.63, 3.8) is 0 Å². The van der Waals surface area contributed by atoms with Crippen molar-refractivity contribution >= 4 is 35.0 Å². The first-order valence-electron chi connectivity index (χ1n) is 7.74. The van der Waals surface area contributed by atoms with Crippen LogP contribution in [0.3, 0.4) is 0 Å². The molecule has 0 saturated heterocycles. The van der Waals surface area contributed by atoms with Crippen molar-refractivity contribution in [3.05, 3.63) is 75.2 Å². The molecule has 2 aromatic rings. The van der Waals surface area contributed by atoms with Crippen LogP contribution in [0.15, 0.2) is 42.1 Å². The van der Waals surface area contributed by atoms with Gasteiger partial charge >= 0.3 is 5.97 Å². The van der Waals surface area contributed by atoms with E-state index < -0.39 is 34.1 Å². The van der Waals surface area contributed by atoms with Crippen LogP contribution in [0.5, 0.6) is 0 Å². The number of hydrogen-bond acceptors (Lipinski definition) is 5. The maximum absolute atomic E-state index is 13.7. The predicted molar refractivity (Wildman–Crippen MR) is 96.5 cm³/mol. The molecule has 5 nitrogen and oxygen atoms in total. The van der Waals surface area contributed by atoms with Crippen molar-refractivity contribution in [2.45, 2.75) is 13.5 Å². The molecule has 0 fully saturated rings. The Hall–Kier alpha value is -2.51. The van der Waals surface area contributed by atoms with Gasteiger partial charge in [-0.15, -0.1) is 0 Å². The second-order valence-electron chi connectivity index (χ2n) is 5.22. The van der Waals surface area contributed by atoms with E-state index in [0.717, 1.165) is 12.3 Å². The lowest BCUT2D eigenvalue weighted by Gasteiger charge is -2.09. The van der Waals surface area contributed by atoms with Crippen LogP contribution in [0.25, 0.3) is 0 Å². The van der Waals surface area contributed by atoms with Gasteiger partial charge in [0, 0.05) is 12.7 Å². The SMILES string of the molecule is CCOC(=O)C(=CNCc1cccc(F)c1)C(=O)c1cc(F)c(Cl)nc1Cl. The number of ether oxygens (including phenoxy) is 1. The number of benzene rings is 1. The number of halogens is 4. The lowest BCUT2D eigenvalue weighted by Crippen LogP contribution is -2.20. The van der Waals surface area contributed by atoms with Gasteiger partial charge in [0.2, 0.25) is 5.78 Å². The maximum Gasteiger partial charge on any atom is 0.343 e. The van der Waals surface area contributed by atoms with E-state index in [2.05, 4.69) is 10.3 Å². The summed E-state index contributed by atoms with van der Waals surface area (Å²) < 4.78 is 31.7. The van der Waals surface area contributed by atoms with Gasteiger partial charge in [0.25, 0.3) is 0 Å². The first-order chi connectivity index (χ1) is 12.8. The fourth-order valence-corrected chi connectivity index (χ4v) is 2.50. The Morgan fingerprint density at radius 3 is 2.63 bits per heavy atom. The van der Waals surface area contributed by atoms with Gasteiger partial charge in [-0.2, -0.15) is 0 Å². The van der Waals surface area contributed by atoms with Gasteiger partial charge < -0.3 is 10.1 Å². The van der Waals surface area contributed by atoms with Gasteiger partial charge in [-0.1, -0.05) is 35.3 Å². The summed E-state index contributed by atoms with van der Waals surface area (Å²) in [4.78, 5) is 28.3. The normalized spacial score (nSPS) is 11.2. The molecule has 0 saturated carbocycles. The summed E-state index contributed by atoms with van der Waals surface area (Å²) in [5.74, 6) is -3.20. The highest BCUT2D eigenvalue weighted by atomic mass is 35.5. The number of aromatic nitrogens is 1. The van der Waals surface area contributed by atoms with E-state index in [-0.39, 0.29) is 23.9 Å². The number of rotatable bonds is 7. The van der Waals surface area contributed by atoms with E-state index in [0.29, 0.717) is 5.56 Å². The predicted octanol–water partition coefficient (Wildman–Crippen LogP) is 4.09. The van der Waals surface area contributed by atoms with E-state index in [1.807, 2.05) is 0 Å². The van der Waals surface area contributed by atoms with Crippen molar-refractivity contribution in [3.8, 4) is 0 Å². The Balaban J connectivity index is 2.29. The second kappa shape index (κ2) is 9.43. The minimum absolute atomic E-state index is 0.0221. The van der Waals surface area contributed by atoms with Gasteiger partial charge in [0.05, 0.1) is 12.2 Å². The van der Waals surface area contributed by atoms with Crippen molar-refractivity contribution in [1.29, 1.82) is 0 Å². The highest BCUT2D eigenvalue weighted by Gasteiger charge is 2.25. The molecule has 1 N–H and O–H groups in total. The lowest BCUT2D eigenvalue weighted by atomic mass is 10.1. The maximum atomic E-state index is 13.7. The number of Topliss-reactive ketones (excluding diaryl/α,β-unsaturated/α-hetero) is 1. The largest absolute Gasteiger partial charge is 0.462 e. The van der Waals surface area contributed by atoms with Gasteiger partial charge in [-0.25, -0.2) is 18.6 Å². The van der Waals surface area contributed by atoms with Gasteiger partial charge in [0.1, 0.15) is 16.5 Å². The molecule has 0 aliphatic rings. The fraction of sp³-hybridized carbons (Fsp3) is 0.167. The Bertz CT molecular complexity index is 904. The van der Waals surface area contributed by atoms with Crippen molar-refractivity contribution in [2.24, 2.45) is 0 Å². The molecular formula is C18H14Cl2F2N2O3. The zero-order chi connectivity index (χ0) is 20.0. The zero-order valence-corrected chi connectivity index (χ0v) is 15.6. The molecule has 0 spiro atoms. The van der Waals surface area contributed by atoms with Crippen molar-refractivity contribution in [2.75, 3.05) is 6.61 Å². The first kappa shape index (κ1) is 20.8. The number of pyridine rings is 1. The summed E-state index contributed by atoms with van der Waals surface area (Å²) in [6, 6.07) is 6.55. The van der Waals surface area contributed by atoms with Crippen LogP contribution < -0.4 is 5.32 Å². The molecule has 0 bridgehead atoms. The summed E-state index contributed by atoms with van der Waals surface area (Å²) >= 11 is 11.4. The highest BCUT2D eigenvalue weighted by molar-refractivity contribution is 6.37. The number of esters is 1. The molecule has 2 rings (SSSR count). The minimum Gasteiger partial charge on any atom is -0.462 e. The molecule has 0 aliphatic heterocycles.